The van der Waals surface area contributed by atoms with Crippen LogP contribution in [0, 0.1) is 5.92 Å². The fourth-order valence-electron chi connectivity index (χ4n) is 3.26. The number of hydrogen-bond donors (Lipinski definition) is 0. The largest absolute Gasteiger partial charge is 0.457 e. The molecule has 25 heavy (non-hydrogen) atoms. The Bertz CT molecular complexity index is 696. The predicted octanol–water partition coefficient (Wildman–Crippen LogP) is 3.18. The van der Waals surface area contributed by atoms with Crippen molar-refractivity contribution in [2.45, 2.75) is 39.2 Å². The van der Waals surface area contributed by atoms with Crippen LogP contribution in [0.2, 0.25) is 0 Å². The number of ether oxygens (including phenoxy) is 2. The van der Waals surface area contributed by atoms with E-state index in [0.29, 0.717) is 18.0 Å². The highest BCUT2D eigenvalue weighted by atomic mass is 16.6. The Labute approximate surface area is 148 Å². The van der Waals surface area contributed by atoms with E-state index in [2.05, 4.69) is 0 Å². The lowest BCUT2D eigenvalue weighted by molar-refractivity contribution is -0.148. The second kappa shape index (κ2) is 7.00. The van der Waals surface area contributed by atoms with E-state index in [4.69, 9.17) is 9.47 Å². The molecule has 3 rings (SSSR count). The van der Waals surface area contributed by atoms with Gasteiger partial charge in [-0.25, -0.2) is 4.79 Å². The van der Waals surface area contributed by atoms with Crippen molar-refractivity contribution in [1.29, 1.82) is 0 Å². The Kier molecular flexibility index (Phi) is 4.95. The van der Waals surface area contributed by atoms with Crippen molar-refractivity contribution in [2.75, 3.05) is 24.7 Å². The highest BCUT2D eigenvalue weighted by Gasteiger charge is 2.34. The topological polar surface area (TPSA) is 55.8 Å². The highest BCUT2D eigenvalue weighted by molar-refractivity contribution is 6.34. The summed E-state index contributed by atoms with van der Waals surface area (Å²) in [5.41, 5.74) is 1.49. The number of esters is 1. The molecule has 0 unspecified atom stereocenters. The SMILES string of the molecule is CC(C)(C)OC(=O)C=C1C(=O)N(CC2CCOCC2)c2ccccc21. The third kappa shape index (κ3) is 4.10. The number of benzene rings is 1. The average molecular weight is 343 g/mol. The summed E-state index contributed by atoms with van der Waals surface area (Å²) in [7, 11) is 0. The van der Waals surface area contributed by atoms with Gasteiger partial charge >= 0.3 is 5.97 Å². The quantitative estimate of drug-likeness (QED) is 0.625. The predicted molar refractivity (Wildman–Crippen MR) is 96.2 cm³/mol. The van der Waals surface area contributed by atoms with Crippen LogP contribution in [0.1, 0.15) is 39.2 Å². The van der Waals surface area contributed by atoms with Crippen molar-refractivity contribution in [2.24, 2.45) is 5.92 Å². The molecule has 0 radical (unpaired) electrons. The molecule has 1 fully saturated rings. The molecule has 1 aromatic carbocycles. The molecule has 1 saturated heterocycles. The number of carbonyl (C=O) groups is 2. The summed E-state index contributed by atoms with van der Waals surface area (Å²) < 4.78 is 10.8. The molecule has 0 aromatic heterocycles. The summed E-state index contributed by atoms with van der Waals surface area (Å²) in [6.07, 6.45) is 3.24. The molecular weight excluding hydrogens is 318 g/mol. The van der Waals surface area contributed by atoms with E-state index >= 15 is 0 Å². The van der Waals surface area contributed by atoms with Gasteiger partial charge in [-0.1, -0.05) is 18.2 Å². The fraction of sp³-hybridized carbons (Fsp3) is 0.500. The molecule has 2 aliphatic rings. The van der Waals surface area contributed by atoms with Crippen LogP contribution >= 0.6 is 0 Å². The Morgan fingerprint density at radius 3 is 2.64 bits per heavy atom. The summed E-state index contributed by atoms with van der Waals surface area (Å²) in [5.74, 6) is -0.191. The second-order valence-corrected chi connectivity index (χ2v) is 7.58. The first-order valence-electron chi connectivity index (χ1n) is 8.79. The zero-order valence-corrected chi connectivity index (χ0v) is 15.1. The van der Waals surface area contributed by atoms with E-state index in [9.17, 15) is 9.59 Å². The minimum atomic E-state index is -0.586. The molecule has 0 saturated carbocycles. The van der Waals surface area contributed by atoms with E-state index in [1.54, 1.807) is 4.90 Å². The van der Waals surface area contributed by atoms with Gasteiger partial charge in [0, 0.05) is 31.4 Å². The minimum absolute atomic E-state index is 0.126. The summed E-state index contributed by atoms with van der Waals surface area (Å²) >= 11 is 0. The van der Waals surface area contributed by atoms with Gasteiger partial charge in [-0.2, -0.15) is 0 Å². The van der Waals surface area contributed by atoms with E-state index in [1.807, 2.05) is 45.0 Å². The van der Waals surface area contributed by atoms with Crippen LogP contribution in [0.25, 0.3) is 5.57 Å². The normalized spacial score (nSPS) is 20.0. The summed E-state index contributed by atoms with van der Waals surface area (Å²) in [4.78, 5) is 26.9. The summed E-state index contributed by atoms with van der Waals surface area (Å²) in [5, 5.41) is 0. The van der Waals surface area contributed by atoms with E-state index in [1.165, 1.54) is 6.08 Å². The van der Waals surface area contributed by atoms with Crippen molar-refractivity contribution in [1.82, 2.24) is 0 Å². The molecule has 2 aliphatic heterocycles. The standard InChI is InChI=1S/C20H25NO4/c1-20(2,3)25-18(22)12-16-15-6-4-5-7-17(15)21(19(16)23)13-14-8-10-24-11-9-14/h4-7,12,14H,8-11,13H2,1-3H3. The molecule has 0 atom stereocenters. The first kappa shape index (κ1) is 17.7. The van der Waals surface area contributed by atoms with Gasteiger partial charge in [-0.15, -0.1) is 0 Å². The average Bonchev–Trinajstić information content (AvgIpc) is 2.80. The first-order chi connectivity index (χ1) is 11.8. The van der Waals surface area contributed by atoms with Gasteiger partial charge in [0.05, 0.1) is 11.3 Å². The van der Waals surface area contributed by atoms with Crippen LogP contribution in [0.15, 0.2) is 30.3 Å². The smallest absolute Gasteiger partial charge is 0.332 e. The molecule has 0 bridgehead atoms. The van der Waals surface area contributed by atoms with Gasteiger partial charge in [0.2, 0.25) is 0 Å². The monoisotopic (exact) mass is 343 g/mol. The maximum Gasteiger partial charge on any atom is 0.332 e. The van der Waals surface area contributed by atoms with Gasteiger partial charge in [0.25, 0.3) is 5.91 Å². The molecule has 5 heteroatoms. The van der Waals surface area contributed by atoms with Crippen LogP contribution in [0.4, 0.5) is 5.69 Å². The molecule has 0 aliphatic carbocycles. The molecular formula is C20H25NO4. The number of carbonyl (C=O) groups excluding carboxylic acids is 2. The number of rotatable bonds is 3. The molecule has 1 amide bonds. The summed E-state index contributed by atoms with van der Waals surface area (Å²) in [6, 6.07) is 7.61. The van der Waals surface area contributed by atoms with Gasteiger partial charge in [0.15, 0.2) is 0 Å². The lowest BCUT2D eigenvalue weighted by atomic mass is 10.00. The number of hydrogen-bond acceptors (Lipinski definition) is 4. The van der Waals surface area contributed by atoms with Crippen LogP contribution in [0.3, 0.4) is 0 Å². The molecule has 2 heterocycles. The maximum atomic E-state index is 13.0. The van der Waals surface area contributed by atoms with Crippen molar-refractivity contribution in [3.05, 3.63) is 35.9 Å². The van der Waals surface area contributed by atoms with Crippen molar-refractivity contribution < 1.29 is 19.1 Å². The number of amides is 1. The molecule has 134 valence electrons. The van der Waals surface area contributed by atoms with Crippen molar-refractivity contribution >= 4 is 23.1 Å². The lowest BCUT2D eigenvalue weighted by Crippen LogP contribution is -2.34. The van der Waals surface area contributed by atoms with Crippen LogP contribution in [-0.4, -0.2) is 37.2 Å². The van der Waals surface area contributed by atoms with Gasteiger partial charge in [-0.05, 0) is 45.6 Å². The van der Waals surface area contributed by atoms with Gasteiger partial charge in [-0.3, -0.25) is 4.79 Å². The molecule has 5 nitrogen and oxygen atoms in total. The Morgan fingerprint density at radius 2 is 1.96 bits per heavy atom. The third-order valence-electron chi connectivity index (χ3n) is 4.41. The fourth-order valence-corrected chi connectivity index (χ4v) is 3.26. The number of fused-ring (bicyclic) bond motifs is 1. The van der Waals surface area contributed by atoms with Crippen LogP contribution < -0.4 is 4.90 Å². The third-order valence-corrected chi connectivity index (χ3v) is 4.41. The number of para-hydroxylation sites is 1. The zero-order valence-electron chi connectivity index (χ0n) is 15.1. The van der Waals surface area contributed by atoms with E-state index in [0.717, 1.165) is 37.3 Å². The van der Waals surface area contributed by atoms with E-state index < -0.39 is 11.6 Å². The van der Waals surface area contributed by atoms with Crippen LogP contribution in [-0.2, 0) is 19.1 Å². The minimum Gasteiger partial charge on any atom is -0.457 e. The summed E-state index contributed by atoms with van der Waals surface area (Å²) in [6.45, 7) is 7.58. The molecule has 0 spiro atoms. The molecule has 0 N–H and O–H groups in total. The lowest BCUT2D eigenvalue weighted by Gasteiger charge is -2.27. The molecule has 1 aromatic rings. The Morgan fingerprint density at radius 1 is 1.28 bits per heavy atom. The first-order valence-corrected chi connectivity index (χ1v) is 8.79. The number of nitrogens with zero attached hydrogens (tertiary/aromatic N) is 1. The number of anilines is 1. The van der Waals surface area contributed by atoms with Gasteiger partial charge in [0.1, 0.15) is 5.60 Å². The Balaban J connectivity index is 1.85. The maximum absolute atomic E-state index is 13.0. The highest BCUT2D eigenvalue weighted by Crippen LogP contribution is 2.37. The van der Waals surface area contributed by atoms with E-state index in [-0.39, 0.29) is 5.91 Å². The van der Waals surface area contributed by atoms with Gasteiger partial charge < -0.3 is 14.4 Å². The second-order valence-electron chi connectivity index (χ2n) is 7.58. The van der Waals surface area contributed by atoms with Crippen molar-refractivity contribution in [3.8, 4) is 0 Å². The van der Waals surface area contributed by atoms with Crippen molar-refractivity contribution in [3.63, 3.8) is 0 Å². The Hall–Kier alpha value is -2.14. The zero-order chi connectivity index (χ0) is 18.0. The van der Waals surface area contributed by atoms with Crippen LogP contribution in [0.5, 0.6) is 0 Å².